The van der Waals surface area contributed by atoms with Gasteiger partial charge in [0.2, 0.25) is 5.78 Å². The molecule has 25 heavy (non-hydrogen) atoms. The van der Waals surface area contributed by atoms with Crippen LogP contribution in [0.3, 0.4) is 0 Å². The van der Waals surface area contributed by atoms with Gasteiger partial charge in [-0.05, 0) is 43.5 Å². The number of hydrogen-bond acceptors (Lipinski definition) is 4. The first-order valence-corrected chi connectivity index (χ1v) is 8.33. The number of aryl methyl sites for hydroxylation is 2. The van der Waals surface area contributed by atoms with Crippen LogP contribution in [0.15, 0.2) is 57.7 Å². The fourth-order valence-corrected chi connectivity index (χ4v) is 2.92. The fourth-order valence-electron chi connectivity index (χ4n) is 2.92. The molecule has 0 N–H and O–H groups in total. The average molecular weight is 336 g/mol. The predicted octanol–water partition coefficient (Wildman–Crippen LogP) is 4.31. The number of carbonyl (C=O) groups is 1. The quantitative estimate of drug-likeness (QED) is 0.514. The number of Topliss-reactive ketones (excluding diaryl/α,β-unsaturated/α-hetero) is 1. The Hall–Kier alpha value is -2.88. The Kier molecular flexibility index (Phi) is 4.70. The molecule has 1 aromatic heterocycles. The van der Waals surface area contributed by atoms with Crippen LogP contribution < -0.4 is 10.4 Å². The second kappa shape index (κ2) is 6.93. The van der Waals surface area contributed by atoms with Crippen molar-refractivity contribution >= 4 is 16.8 Å². The number of carbonyl (C=O) groups excluding carboxylic acids is 1. The SMILES string of the molecule is CCc1cc(=O)oc2cc(C)cc(O[C@H](C)C(=O)c3ccccc3)c12. The highest BCUT2D eigenvalue weighted by atomic mass is 16.5. The lowest BCUT2D eigenvalue weighted by Crippen LogP contribution is -2.24. The molecule has 0 unspecified atom stereocenters. The topological polar surface area (TPSA) is 56.5 Å². The van der Waals surface area contributed by atoms with Gasteiger partial charge in [-0.2, -0.15) is 0 Å². The van der Waals surface area contributed by atoms with Crippen LogP contribution in [0.25, 0.3) is 11.0 Å². The normalized spacial score (nSPS) is 12.1. The van der Waals surface area contributed by atoms with Gasteiger partial charge in [-0.3, -0.25) is 4.79 Å². The van der Waals surface area contributed by atoms with Crippen LogP contribution in [-0.2, 0) is 6.42 Å². The minimum absolute atomic E-state index is 0.0920. The summed E-state index contributed by atoms with van der Waals surface area (Å²) in [6.45, 7) is 5.60. The van der Waals surface area contributed by atoms with Crippen molar-refractivity contribution in [1.82, 2.24) is 0 Å². The molecule has 0 aliphatic heterocycles. The van der Waals surface area contributed by atoms with E-state index in [0.29, 0.717) is 23.3 Å². The molecule has 0 bridgehead atoms. The smallest absolute Gasteiger partial charge is 0.336 e. The molecule has 4 heteroatoms. The first-order valence-electron chi connectivity index (χ1n) is 8.33. The van der Waals surface area contributed by atoms with Crippen LogP contribution in [0, 0.1) is 6.92 Å². The van der Waals surface area contributed by atoms with Crippen molar-refractivity contribution in [3.8, 4) is 5.75 Å². The minimum Gasteiger partial charge on any atom is -0.482 e. The van der Waals surface area contributed by atoms with Crippen molar-refractivity contribution in [3.63, 3.8) is 0 Å². The van der Waals surface area contributed by atoms with E-state index in [-0.39, 0.29) is 11.4 Å². The molecule has 0 amide bonds. The zero-order chi connectivity index (χ0) is 18.0. The lowest BCUT2D eigenvalue weighted by Gasteiger charge is -2.17. The van der Waals surface area contributed by atoms with Crippen molar-refractivity contribution in [1.29, 1.82) is 0 Å². The number of ether oxygens (including phenoxy) is 1. The van der Waals surface area contributed by atoms with E-state index in [2.05, 4.69) is 0 Å². The number of ketones is 1. The molecule has 3 aromatic rings. The van der Waals surface area contributed by atoms with Gasteiger partial charge in [0.05, 0.1) is 5.39 Å². The van der Waals surface area contributed by atoms with Gasteiger partial charge in [-0.25, -0.2) is 4.79 Å². The Balaban J connectivity index is 2.03. The maximum absolute atomic E-state index is 12.6. The summed E-state index contributed by atoms with van der Waals surface area (Å²) in [5, 5.41) is 0.750. The third-order valence-electron chi connectivity index (χ3n) is 4.15. The van der Waals surface area contributed by atoms with Crippen molar-refractivity contribution < 1.29 is 13.9 Å². The average Bonchev–Trinajstić information content (AvgIpc) is 2.60. The molecule has 1 heterocycles. The highest BCUT2D eigenvalue weighted by Gasteiger charge is 2.19. The second-order valence-corrected chi connectivity index (χ2v) is 6.07. The van der Waals surface area contributed by atoms with Gasteiger partial charge in [-0.1, -0.05) is 37.3 Å². The summed E-state index contributed by atoms with van der Waals surface area (Å²) in [6, 6.07) is 14.2. The summed E-state index contributed by atoms with van der Waals surface area (Å²) < 4.78 is 11.3. The van der Waals surface area contributed by atoms with Crippen LogP contribution in [0.4, 0.5) is 0 Å². The van der Waals surface area contributed by atoms with Crippen LogP contribution in [-0.4, -0.2) is 11.9 Å². The third kappa shape index (κ3) is 3.48. The summed E-state index contributed by atoms with van der Waals surface area (Å²) >= 11 is 0. The molecule has 2 aromatic carbocycles. The van der Waals surface area contributed by atoms with Gasteiger partial charge in [0, 0.05) is 11.6 Å². The predicted molar refractivity (Wildman–Crippen MR) is 97.5 cm³/mol. The molecule has 3 rings (SSSR count). The first kappa shape index (κ1) is 17.0. The molecule has 0 saturated heterocycles. The van der Waals surface area contributed by atoms with Crippen molar-refractivity contribution in [2.24, 2.45) is 0 Å². The number of hydrogen-bond donors (Lipinski definition) is 0. The monoisotopic (exact) mass is 336 g/mol. The van der Waals surface area contributed by atoms with E-state index >= 15 is 0 Å². The summed E-state index contributed by atoms with van der Waals surface area (Å²) in [7, 11) is 0. The molecule has 0 aliphatic rings. The first-order chi connectivity index (χ1) is 12.0. The summed E-state index contributed by atoms with van der Waals surface area (Å²) in [6.07, 6.45) is 0.0201. The molecule has 0 aliphatic carbocycles. The van der Waals surface area contributed by atoms with Gasteiger partial charge in [0.15, 0.2) is 6.10 Å². The highest BCUT2D eigenvalue weighted by molar-refractivity contribution is 5.99. The lowest BCUT2D eigenvalue weighted by molar-refractivity contribution is 0.0820. The van der Waals surface area contributed by atoms with Crippen LogP contribution in [0.2, 0.25) is 0 Å². The summed E-state index contributed by atoms with van der Waals surface area (Å²) in [4.78, 5) is 24.3. The molecule has 4 nitrogen and oxygen atoms in total. The molecule has 0 spiro atoms. The van der Waals surface area contributed by atoms with Crippen LogP contribution in [0.1, 0.15) is 35.3 Å². The molecule has 128 valence electrons. The maximum atomic E-state index is 12.6. The van der Waals surface area contributed by atoms with E-state index in [1.807, 2.05) is 44.2 Å². The largest absolute Gasteiger partial charge is 0.482 e. The van der Waals surface area contributed by atoms with E-state index in [9.17, 15) is 9.59 Å². The summed E-state index contributed by atoms with van der Waals surface area (Å²) in [5.74, 6) is 0.470. The van der Waals surface area contributed by atoms with E-state index in [4.69, 9.17) is 9.15 Å². The maximum Gasteiger partial charge on any atom is 0.336 e. The van der Waals surface area contributed by atoms with Gasteiger partial charge < -0.3 is 9.15 Å². The Morgan fingerprint density at radius 1 is 1.16 bits per heavy atom. The van der Waals surface area contributed by atoms with Crippen molar-refractivity contribution in [2.75, 3.05) is 0 Å². The van der Waals surface area contributed by atoms with E-state index in [1.165, 1.54) is 6.07 Å². The molecular formula is C21H20O4. The third-order valence-corrected chi connectivity index (χ3v) is 4.15. The Morgan fingerprint density at radius 3 is 2.56 bits per heavy atom. The minimum atomic E-state index is -0.649. The summed E-state index contributed by atoms with van der Waals surface area (Å²) in [5.41, 5.74) is 2.46. The van der Waals surface area contributed by atoms with Gasteiger partial charge >= 0.3 is 5.63 Å². The Bertz CT molecular complexity index is 970. The Labute approximate surface area is 146 Å². The molecule has 0 fully saturated rings. The molecular weight excluding hydrogens is 316 g/mol. The zero-order valence-electron chi connectivity index (χ0n) is 14.5. The Morgan fingerprint density at radius 2 is 1.88 bits per heavy atom. The highest BCUT2D eigenvalue weighted by Crippen LogP contribution is 2.31. The van der Waals surface area contributed by atoms with Gasteiger partial charge in [-0.15, -0.1) is 0 Å². The van der Waals surface area contributed by atoms with Crippen LogP contribution in [0.5, 0.6) is 5.75 Å². The van der Waals surface area contributed by atoms with Gasteiger partial charge in [0.1, 0.15) is 11.3 Å². The number of fused-ring (bicyclic) bond motifs is 1. The van der Waals surface area contributed by atoms with Crippen molar-refractivity contribution in [2.45, 2.75) is 33.3 Å². The molecule has 1 atom stereocenters. The number of benzene rings is 2. The standard InChI is InChI=1S/C21H20O4/c1-4-15-12-19(22)25-18-11-13(2)10-17(20(15)18)24-14(3)21(23)16-8-6-5-7-9-16/h5-12,14H,4H2,1-3H3/t14-/m1/s1. The van der Waals surface area contributed by atoms with Gasteiger partial charge in [0.25, 0.3) is 0 Å². The van der Waals surface area contributed by atoms with E-state index in [1.54, 1.807) is 19.1 Å². The molecule has 0 saturated carbocycles. The van der Waals surface area contributed by atoms with Crippen molar-refractivity contribution in [3.05, 3.63) is 75.6 Å². The zero-order valence-corrected chi connectivity index (χ0v) is 14.5. The van der Waals surface area contributed by atoms with E-state index in [0.717, 1.165) is 16.5 Å². The fraction of sp³-hybridized carbons (Fsp3) is 0.238. The number of rotatable bonds is 5. The molecule has 0 radical (unpaired) electrons. The van der Waals surface area contributed by atoms with E-state index < -0.39 is 6.10 Å². The van der Waals surface area contributed by atoms with Crippen LogP contribution >= 0.6 is 0 Å². The second-order valence-electron chi connectivity index (χ2n) is 6.07. The lowest BCUT2D eigenvalue weighted by atomic mass is 10.0.